The van der Waals surface area contributed by atoms with Crippen molar-refractivity contribution in [3.63, 3.8) is 0 Å². The molecule has 5 rings (SSSR count). The second-order valence-electron chi connectivity index (χ2n) is 7.75. The number of anilines is 1. The number of hydrogen-bond acceptors (Lipinski definition) is 8. The van der Waals surface area contributed by atoms with E-state index in [4.69, 9.17) is 16.3 Å². The number of ether oxygens (including phenoxy) is 1. The molecule has 2 N–H and O–H groups in total. The van der Waals surface area contributed by atoms with E-state index >= 15 is 0 Å². The van der Waals surface area contributed by atoms with Gasteiger partial charge in [-0.15, -0.1) is 0 Å². The number of likely N-dealkylation sites (tertiary alicyclic amines) is 1. The molecule has 1 aromatic carbocycles. The first-order valence-corrected chi connectivity index (χ1v) is 10.8. The average molecular weight is 484 g/mol. The Balaban J connectivity index is 1.43. The zero-order valence-electron chi connectivity index (χ0n) is 17.7. The number of carbonyl (C=O) groups excluding carboxylic acids is 1. The molecule has 1 amide bonds. The number of nitrogens with one attached hydrogen (secondary N) is 1. The van der Waals surface area contributed by atoms with E-state index in [2.05, 4.69) is 25.4 Å². The van der Waals surface area contributed by atoms with Crippen LogP contribution in [0.5, 0.6) is 5.88 Å². The molecule has 1 fully saturated rings. The third-order valence-electron chi connectivity index (χ3n) is 5.30. The predicted molar refractivity (Wildman–Crippen MR) is 121 cm³/mol. The highest BCUT2D eigenvalue weighted by Crippen LogP contribution is 2.27. The third-order valence-corrected chi connectivity index (χ3v) is 5.62. The van der Waals surface area contributed by atoms with Crippen LogP contribution in [0.25, 0.3) is 16.7 Å². The molecule has 0 bridgehead atoms. The molecule has 0 spiro atoms. The Bertz CT molecular complexity index is 1330. The Hall–Kier alpha value is -3.67. The van der Waals surface area contributed by atoms with Gasteiger partial charge in [0.1, 0.15) is 23.3 Å². The van der Waals surface area contributed by atoms with E-state index in [1.54, 1.807) is 16.8 Å². The number of para-hydroxylation sites is 1. The molecule has 4 aromatic rings. The van der Waals surface area contributed by atoms with Gasteiger partial charge in [-0.1, -0.05) is 23.7 Å². The van der Waals surface area contributed by atoms with Gasteiger partial charge in [0.15, 0.2) is 11.8 Å². The number of aliphatic hydroxyl groups excluding tert-OH is 1. The van der Waals surface area contributed by atoms with Crippen LogP contribution in [0.15, 0.2) is 55.1 Å². The lowest BCUT2D eigenvalue weighted by molar-refractivity contribution is -0.125. The number of amides is 1. The van der Waals surface area contributed by atoms with Gasteiger partial charge in [-0.25, -0.2) is 24.0 Å². The minimum absolute atomic E-state index is 0.164. The van der Waals surface area contributed by atoms with Crippen molar-refractivity contribution in [2.45, 2.75) is 12.2 Å². The molecule has 1 aliphatic rings. The predicted octanol–water partition coefficient (Wildman–Crippen LogP) is 2.07. The van der Waals surface area contributed by atoms with Crippen LogP contribution in [-0.4, -0.2) is 72.5 Å². The first kappa shape index (κ1) is 22.1. The average Bonchev–Trinajstić information content (AvgIpc) is 3.24. The van der Waals surface area contributed by atoms with Gasteiger partial charge in [-0.2, -0.15) is 5.10 Å². The number of aromatic nitrogens is 5. The molecule has 12 heteroatoms. The van der Waals surface area contributed by atoms with Gasteiger partial charge >= 0.3 is 0 Å². The zero-order chi connectivity index (χ0) is 23.7. The topological polar surface area (TPSA) is 118 Å². The second kappa shape index (κ2) is 9.29. The maximum Gasteiger partial charge on any atom is 0.268 e. The zero-order valence-corrected chi connectivity index (χ0v) is 18.4. The number of pyridine rings is 1. The van der Waals surface area contributed by atoms with Gasteiger partial charge in [-0.05, 0) is 24.3 Å². The number of fused-ring (bicyclic) bond motifs is 1. The fraction of sp³-hybridized carbons (Fsp3) is 0.227. The summed E-state index contributed by atoms with van der Waals surface area (Å²) in [7, 11) is 0. The van der Waals surface area contributed by atoms with Crippen molar-refractivity contribution in [1.82, 2.24) is 29.6 Å². The summed E-state index contributed by atoms with van der Waals surface area (Å²) in [6, 6.07) is 9.74. The van der Waals surface area contributed by atoms with Gasteiger partial charge in [0.25, 0.3) is 5.91 Å². The number of carbonyl (C=O) groups is 1. The molecular formula is C22H19ClFN7O3. The van der Waals surface area contributed by atoms with Gasteiger partial charge in [0, 0.05) is 19.6 Å². The summed E-state index contributed by atoms with van der Waals surface area (Å²) in [6.45, 7) is 1.05. The molecule has 0 radical (unpaired) electrons. The van der Waals surface area contributed by atoms with Gasteiger partial charge < -0.3 is 15.2 Å². The molecule has 34 heavy (non-hydrogen) atoms. The third kappa shape index (κ3) is 4.53. The van der Waals surface area contributed by atoms with E-state index in [1.165, 1.54) is 24.7 Å². The number of rotatable bonds is 7. The van der Waals surface area contributed by atoms with Crippen LogP contribution in [0.2, 0.25) is 5.02 Å². The first-order chi connectivity index (χ1) is 16.5. The van der Waals surface area contributed by atoms with E-state index in [0.29, 0.717) is 34.8 Å². The molecular weight excluding hydrogens is 465 g/mol. The number of nitrogens with zero attached hydrogens (tertiary/aromatic N) is 6. The lowest BCUT2D eigenvalue weighted by Crippen LogP contribution is -2.55. The largest absolute Gasteiger partial charge is 0.462 e. The normalized spacial score (nSPS) is 15.1. The van der Waals surface area contributed by atoms with E-state index in [9.17, 15) is 14.3 Å². The highest BCUT2D eigenvalue weighted by Gasteiger charge is 2.32. The van der Waals surface area contributed by atoms with E-state index in [-0.39, 0.29) is 18.2 Å². The van der Waals surface area contributed by atoms with E-state index in [0.717, 1.165) is 6.20 Å². The van der Waals surface area contributed by atoms with Crippen molar-refractivity contribution in [1.29, 1.82) is 0 Å². The van der Waals surface area contributed by atoms with Crippen molar-refractivity contribution >= 4 is 34.4 Å². The summed E-state index contributed by atoms with van der Waals surface area (Å²) in [5.74, 6) is -0.662. The molecule has 0 saturated carbocycles. The highest BCUT2D eigenvalue weighted by atomic mass is 35.5. The second-order valence-corrected chi connectivity index (χ2v) is 8.16. The molecule has 3 aromatic heterocycles. The van der Waals surface area contributed by atoms with Crippen molar-refractivity contribution in [3.8, 4) is 11.6 Å². The maximum atomic E-state index is 13.2. The molecule has 1 aliphatic heterocycles. The Morgan fingerprint density at radius 2 is 2.03 bits per heavy atom. The van der Waals surface area contributed by atoms with Crippen molar-refractivity contribution in [2.75, 3.05) is 25.0 Å². The Labute approximate surface area is 198 Å². The fourth-order valence-electron chi connectivity index (χ4n) is 3.61. The van der Waals surface area contributed by atoms with Gasteiger partial charge in [0.2, 0.25) is 5.88 Å². The van der Waals surface area contributed by atoms with Crippen LogP contribution in [0.1, 0.15) is 0 Å². The summed E-state index contributed by atoms with van der Waals surface area (Å²) in [4.78, 5) is 27.3. The molecule has 0 aliphatic carbocycles. The molecule has 0 unspecified atom stereocenters. The number of halogens is 2. The lowest BCUT2D eigenvalue weighted by Gasteiger charge is -2.37. The SMILES string of the molecule is O=C(Nc1ccc(F)cn1)[C@H](CN1CC(O)C1)Oc1ncnc2c1cnn2-c1ccccc1Cl. The standard InChI is InChI=1S/C22H19ClFN7O3/c23-16-3-1-2-4-17(16)31-20-15(8-28-31)22(27-12-26-20)34-18(11-30-9-14(32)10-30)21(33)29-19-6-5-13(24)7-25-19/h1-8,12,14,18,32H,9-11H2,(H,25,29,33)/t18-/m0/s1. The van der Waals surface area contributed by atoms with Crippen LogP contribution in [-0.2, 0) is 4.79 Å². The molecule has 174 valence electrons. The molecule has 1 saturated heterocycles. The Morgan fingerprint density at radius 1 is 1.21 bits per heavy atom. The van der Waals surface area contributed by atoms with Crippen LogP contribution >= 0.6 is 11.6 Å². The van der Waals surface area contributed by atoms with E-state index in [1.807, 2.05) is 17.0 Å². The fourth-order valence-corrected chi connectivity index (χ4v) is 3.82. The summed E-state index contributed by atoms with van der Waals surface area (Å²) in [5, 5.41) is 17.6. The Morgan fingerprint density at radius 3 is 2.76 bits per heavy atom. The van der Waals surface area contributed by atoms with Crippen LogP contribution in [0.3, 0.4) is 0 Å². The Kier molecular flexibility index (Phi) is 6.05. The summed E-state index contributed by atoms with van der Waals surface area (Å²) >= 11 is 6.32. The van der Waals surface area contributed by atoms with Crippen molar-refractivity contribution < 1.29 is 19.0 Å². The summed E-state index contributed by atoms with van der Waals surface area (Å²) in [5.41, 5.74) is 1.09. The maximum absolute atomic E-state index is 13.2. The van der Waals surface area contributed by atoms with Crippen molar-refractivity contribution in [2.24, 2.45) is 0 Å². The van der Waals surface area contributed by atoms with Crippen LogP contribution < -0.4 is 10.1 Å². The highest BCUT2D eigenvalue weighted by molar-refractivity contribution is 6.32. The number of hydrogen-bond donors (Lipinski definition) is 2. The van der Waals surface area contributed by atoms with E-state index < -0.39 is 23.9 Å². The quantitative estimate of drug-likeness (QED) is 0.410. The summed E-state index contributed by atoms with van der Waals surface area (Å²) in [6.07, 6.45) is 2.42. The lowest BCUT2D eigenvalue weighted by atomic mass is 10.1. The van der Waals surface area contributed by atoms with Gasteiger partial charge in [0.05, 0.1) is 29.2 Å². The first-order valence-electron chi connectivity index (χ1n) is 10.4. The number of benzene rings is 1. The molecule has 1 atom stereocenters. The number of β-amino-alcohol motifs (C(OH)–C–C–N with tert-alkyl or cyclic N) is 1. The minimum Gasteiger partial charge on any atom is -0.462 e. The smallest absolute Gasteiger partial charge is 0.268 e. The minimum atomic E-state index is -0.999. The molecule has 10 nitrogen and oxygen atoms in total. The molecule has 4 heterocycles. The van der Waals surface area contributed by atoms with Crippen molar-refractivity contribution in [3.05, 3.63) is 66.0 Å². The monoisotopic (exact) mass is 483 g/mol. The summed E-state index contributed by atoms with van der Waals surface area (Å²) < 4.78 is 20.8. The van der Waals surface area contributed by atoms with Gasteiger partial charge in [-0.3, -0.25) is 9.69 Å². The number of aliphatic hydroxyl groups is 1. The van der Waals surface area contributed by atoms with Crippen LogP contribution in [0, 0.1) is 5.82 Å². The van der Waals surface area contributed by atoms with Crippen LogP contribution in [0.4, 0.5) is 10.2 Å².